The highest BCUT2D eigenvalue weighted by Gasteiger charge is 2.30. The molecule has 0 aliphatic carbocycles. The Kier molecular flexibility index (Phi) is 7.02. The zero-order valence-corrected chi connectivity index (χ0v) is 20.4. The van der Waals surface area contributed by atoms with Gasteiger partial charge in [-0.1, -0.05) is 25.1 Å². The highest BCUT2D eigenvalue weighted by atomic mass is 16.5. The average Bonchev–Trinajstić information content (AvgIpc) is 3.50. The van der Waals surface area contributed by atoms with Crippen molar-refractivity contribution in [3.05, 3.63) is 59.5 Å². The van der Waals surface area contributed by atoms with Crippen molar-refractivity contribution >= 4 is 10.9 Å². The SMILES string of the molecule is CCC(C)(NCCc1c[nH]c2ccccc12)c1nnnn1Cc1cc(OC)c(OC)c(OC)c1. The zero-order valence-electron chi connectivity index (χ0n) is 20.4. The number of rotatable bonds is 11. The van der Waals surface area contributed by atoms with Gasteiger partial charge < -0.3 is 24.5 Å². The lowest BCUT2D eigenvalue weighted by Gasteiger charge is -2.28. The minimum Gasteiger partial charge on any atom is -0.493 e. The Balaban J connectivity index is 1.52. The van der Waals surface area contributed by atoms with Crippen LogP contribution in [-0.4, -0.2) is 53.1 Å². The van der Waals surface area contributed by atoms with Crippen LogP contribution in [0, 0.1) is 0 Å². The second-order valence-electron chi connectivity index (χ2n) is 8.42. The lowest BCUT2D eigenvalue weighted by molar-refractivity contribution is 0.317. The summed E-state index contributed by atoms with van der Waals surface area (Å²) in [6.45, 7) is 5.54. The Bertz CT molecular complexity index is 1230. The van der Waals surface area contributed by atoms with E-state index in [0.717, 1.165) is 36.3 Å². The Morgan fingerprint density at radius 2 is 1.79 bits per heavy atom. The van der Waals surface area contributed by atoms with Crippen molar-refractivity contribution in [2.75, 3.05) is 27.9 Å². The fraction of sp³-hybridized carbons (Fsp3) is 0.400. The molecule has 0 saturated carbocycles. The molecular formula is C25H32N6O3. The highest BCUT2D eigenvalue weighted by Crippen LogP contribution is 2.38. The summed E-state index contributed by atoms with van der Waals surface area (Å²) in [5, 5.41) is 17.6. The summed E-state index contributed by atoms with van der Waals surface area (Å²) in [4.78, 5) is 3.35. The molecule has 0 fully saturated rings. The van der Waals surface area contributed by atoms with E-state index in [1.165, 1.54) is 10.9 Å². The number of aromatic nitrogens is 5. The van der Waals surface area contributed by atoms with Gasteiger partial charge >= 0.3 is 0 Å². The summed E-state index contributed by atoms with van der Waals surface area (Å²) in [5.41, 5.74) is 3.00. The number of methoxy groups -OCH3 is 3. The maximum Gasteiger partial charge on any atom is 0.203 e. The van der Waals surface area contributed by atoms with E-state index in [2.05, 4.69) is 64.1 Å². The van der Waals surface area contributed by atoms with Crippen LogP contribution in [0.2, 0.25) is 0 Å². The molecule has 2 heterocycles. The minimum absolute atomic E-state index is 0.393. The number of hydrogen-bond donors (Lipinski definition) is 2. The van der Waals surface area contributed by atoms with E-state index in [1.807, 2.05) is 22.9 Å². The summed E-state index contributed by atoms with van der Waals surface area (Å²) in [6, 6.07) is 12.2. The van der Waals surface area contributed by atoms with Crippen LogP contribution in [0.25, 0.3) is 10.9 Å². The quantitative estimate of drug-likeness (QED) is 0.349. The lowest BCUT2D eigenvalue weighted by Crippen LogP contribution is -2.42. The second-order valence-corrected chi connectivity index (χ2v) is 8.42. The van der Waals surface area contributed by atoms with Crippen LogP contribution in [0.15, 0.2) is 42.6 Å². The highest BCUT2D eigenvalue weighted by molar-refractivity contribution is 5.83. The number of benzene rings is 2. The average molecular weight is 465 g/mol. The summed E-state index contributed by atoms with van der Waals surface area (Å²) >= 11 is 0. The molecule has 2 aromatic carbocycles. The molecule has 1 atom stereocenters. The number of H-pyrrole nitrogens is 1. The Morgan fingerprint density at radius 1 is 1.06 bits per heavy atom. The van der Waals surface area contributed by atoms with Crippen molar-refractivity contribution in [1.29, 1.82) is 0 Å². The van der Waals surface area contributed by atoms with Crippen molar-refractivity contribution in [1.82, 2.24) is 30.5 Å². The van der Waals surface area contributed by atoms with Crippen LogP contribution in [0.4, 0.5) is 0 Å². The third kappa shape index (κ3) is 4.56. The molecule has 0 aliphatic rings. The summed E-state index contributed by atoms with van der Waals surface area (Å²) in [7, 11) is 4.80. The Hall–Kier alpha value is -3.59. The number of para-hydroxylation sites is 1. The van der Waals surface area contributed by atoms with Crippen molar-refractivity contribution in [3.63, 3.8) is 0 Å². The molecule has 4 rings (SSSR count). The second kappa shape index (κ2) is 10.1. The van der Waals surface area contributed by atoms with Gasteiger partial charge in [-0.2, -0.15) is 0 Å². The maximum atomic E-state index is 5.50. The molecule has 0 radical (unpaired) electrons. The molecule has 0 saturated heterocycles. The van der Waals surface area contributed by atoms with E-state index < -0.39 is 5.54 Å². The number of nitrogens with one attached hydrogen (secondary N) is 2. The standard InChI is InChI=1S/C25H32N6O3/c1-6-25(2,27-12-11-18-15-26-20-10-8-7-9-19(18)20)24-28-29-30-31(24)16-17-13-21(32-3)23(34-5)22(14-17)33-4/h7-10,13-15,26-27H,6,11-12,16H2,1-5H3. The lowest BCUT2D eigenvalue weighted by atomic mass is 9.97. The van der Waals surface area contributed by atoms with Crippen molar-refractivity contribution < 1.29 is 14.2 Å². The van der Waals surface area contributed by atoms with Gasteiger partial charge in [0.05, 0.1) is 33.4 Å². The van der Waals surface area contributed by atoms with Gasteiger partial charge in [-0.25, -0.2) is 4.68 Å². The minimum atomic E-state index is -0.393. The molecule has 2 aromatic heterocycles. The summed E-state index contributed by atoms with van der Waals surface area (Å²) in [6.07, 6.45) is 3.81. The number of nitrogens with zero attached hydrogens (tertiary/aromatic N) is 4. The summed E-state index contributed by atoms with van der Waals surface area (Å²) in [5.74, 6) is 2.54. The first-order chi connectivity index (χ1) is 16.5. The van der Waals surface area contributed by atoms with E-state index in [1.54, 1.807) is 21.3 Å². The van der Waals surface area contributed by atoms with E-state index in [4.69, 9.17) is 14.2 Å². The van der Waals surface area contributed by atoms with Gasteiger partial charge in [-0.15, -0.1) is 5.10 Å². The largest absolute Gasteiger partial charge is 0.493 e. The zero-order chi connectivity index (χ0) is 24.1. The molecule has 0 bridgehead atoms. The van der Waals surface area contributed by atoms with Crippen LogP contribution >= 0.6 is 0 Å². The van der Waals surface area contributed by atoms with Crippen molar-refractivity contribution in [2.45, 2.75) is 38.8 Å². The van der Waals surface area contributed by atoms with E-state index in [9.17, 15) is 0 Å². The van der Waals surface area contributed by atoms with Gasteiger partial charge in [-0.3, -0.25) is 0 Å². The number of fused-ring (bicyclic) bond motifs is 1. The molecule has 4 aromatic rings. The smallest absolute Gasteiger partial charge is 0.203 e. The van der Waals surface area contributed by atoms with Gasteiger partial charge in [-0.05, 0) is 59.5 Å². The maximum absolute atomic E-state index is 5.50. The molecule has 2 N–H and O–H groups in total. The molecule has 9 nitrogen and oxygen atoms in total. The van der Waals surface area contributed by atoms with Crippen LogP contribution in [0.3, 0.4) is 0 Å². The van der Waals surface area contributed by atoms with Gasteiger partial charge in [0.2, 0.25) is 5.75 Å². The molecule has 9 heteroatoms. The number of tetrazole rings is 1. The monoisotopic (exact) mass is 464 g/mol. The first kappa shape index (κ1) is 23.6. The predicted molar refractivity (Wildman–Crippen MR) is 131 cm³/mol. The Morgan fingerprint density at radius 3 is 2.47 bits per heavy atom. The van der Waals surface area contributed by atoms with E-state index in [-0.39, 0.29) is 0 Å². The van der Waals surface area contributed by atoms with Gasteiger partial charge in [0.15, 0.2) is 17.3 Å². The first-order valence-electron chi connectivity index (χ1n) is 11.4. The van der Waals surface area contributed by atoms with Crippen LogP contribution in [-0.2, 0) is 18.5 Å². The van der Waals surface area contributed by atoms with Crippen LogP contribution in [0.1, 0.15) is 37.2 Å². The molecule has 0 spiro atoms. The first-order valence-corrected chi connectivity index (χ1v) is 11.4. The summed E-state index contributed by atoms with van der Waals surface area (Å²) < 4.78 is 18.2. The Labute approximate surface area is 199 Å². The molecule has 1 unspecified atom stereocenters. The molecular weight excluding hydrogens is 432 g/mol. The number of hydrogen-bond acceptors (Lipinski definition) is 7. The van der Waals surface area contributed by atoms with E-state index in [0.29, 0.717) is 23.8 Å². The van der Waals surface area contributed by atoms with Crippen molar-refractivity contribution in [2.24, 2.45) is 0 Å². The normalized spacial score (nSPS) is 13.1. The number of ether oxygens (including phenoxy) is 3. The number of aromatic amines is 1. The van der Waals surface area contributed by atoms with Gasteiger partial charge in [0.1, 0.15) is 0 Å². The fourth-order valence-electron chi connectivity index (χ4n) is 4.28. The fourth-order valence-corrected chi connectivity index (χ4v) is 4.28. The van der Waals surface area contributed by atoms with Crippen molar-refractivity contribution in [3.8, 4) is 17.2 Å². The third-order valence-corrected chi connectivity index (χ3v) is 6.37. The third-order valence-electron chi connectivity index (χ3n) is 6.37. The van der Waals surface area contributed by atoms with Gasteiger partial charge in [0.25, 0.3) is 0 Å². The molecule has 0 amide bonds. The topological polar surface area (TPSA) is 99.1 Å². The van der Waals surface area contributed by atoms with Gasteiger partial charge in [0, 0.05) is 23.6 Å². The molecule has 0 aliphatic heterocycles. The molecule has 34 heavy (non-hydrogen) atoms. The van der Waals surface area contributed by atoms with E-state index >= 15 is 0 Å². The molecule has 180 valence electrons. The van der Waals surface area contributed by atoms with Crippen LogP contribution < -0.4 is 19.5 Å². The predicted octanol–water partition coefficient (Wildman–Crippen LogP) is 3.69. The van der Waals surface area contributed by atoms with Crippen LogP contribution in [0.5, 0.6) is 17.2 Å².